The van der Waals surface area contributed by atoms with Gasteiger partial charge in [0.1, 0.15) is 5.60 Å². The SMILES string of the molecule is C#Cc1ccc(OCC2CN(C(=O)OC(C)(C)C)C2)c(F)c1. The fourth-order valence-corrected chi connectivity index (χ4v) is 2.07. The largest absolute Gasteiger partial charge is 0.490 e. The molecule has 0 bridgehead atoms. The van der Waals surface area contributed by atoms with Crippen molar-refractivity contribution in [2.24, 2.45) is 5.92 Å². The van der Waals surface area contributed by atoms with Gasteiger partial charge in [-0.1, -0.05) is 5.92 Å². The van der Waals surface area contributed by atoms with Gasteiger partial charge in [-0.05, 0) is 39.0 Å². The van der Waals surface area contributed by atoms with Crippen molar-refractivity contribution in [3.63, 3.8) is 0 Å². The predicted octanol–water partition coefficient (Wildman–Crippen LogP) is 3.05. The number of carbonyl (C=O) groups excluding carboxylic acids is 1. The molecule has 1 heterocycles. The van der Waals surface area contributed by atoms with Crippen molar-refractivity contribution >= 4 is 6.09 Å². The van der Waals surface area contributed by atoms with Crippen LogP contribution in [-0.2, 0) is 4.74 Å². The first-order valence-electron chi connectivity index (χ1n) is 7.15. The third-order valence-electron chi connectivity index (χ3n) is 3.18. The van der Waals surface area contributed by atoms with E-state index in [1.807, 2.05) is 20.8 Å². The number of hydrogen-bond acceptors (Lipinski definition) is 3. The molecule has 22 heavy (non-hydrogen) atoms. The number of likely N-dealkylation sites (tertiary alicyclic amines) is 1. The number of rotatable bonds is 3. The zero-order valence-electron chi connectivity index (χ0n) is 13.1. The van der Waals surface area contributed by atoms with E-state index in [9.17, 15) is 9.18 Å². The highest BCUT2D eigenvalue weighted by Crippen LogP contribution is 2.23. The highest BCUT2D eigenvalue weighted by molar-refractivity contribution is 5.69. The van der Waals surface area contributed by atoms with Crippen LogP contribution in [0.25, 0.3) is 0 Å². The summed E-state index contributed by atoms with van der Waals surface area (Å²) < 4.78 is 24.4. The molecule has 0 atom stereocenters. The number of hydrogen-bond donors (Lipinski definition) is 0. The summed E-state index contributed by atoms with van der Waals surface area (Å²) in [5, 5.41) is 0. The molecule has 1 aromatic rings. The molecule has 118 valence electrons. The normalized spacial score (nSPS) is 15.0. The summed E-state index contributed by atoms with van der Waals surface area (Å²) >= 11 is 0. The van der Waals surface area contributed by atoms with Crippen molar-refractivity contribution in [2.45, 2.75) is 26.4 Å². The minimum atomic E-state index is -0.499. The number of halogens is 1. The second-order valence-corrected chi connectivity index (χ2v) is 6.35. The molecule has 0 N–H and O–H groups in total. The van der Waals surface area contributed by atoms with E-state index >= 15 is 0 Å². The Morgan fingerprint density at radius 1 is 1.45 bits per heavy atom. The lowest BCUT2D eigenvalue weighted by molar-refractivity contribution is -0.00805. The van der Waals surface area contributed by atoms with Crippen LogP contribution in [0.5, 0.6) is 5.75 Å². The molecule has 1 aliphatic rings. The van der Waals surface area contributed by atoms with Gasteiger partial charge in [0, 0.05) is 24.6 Å². The van der Waals surface area contributed by atoms with Crippen LogP contribution in [0.3, 0.4) is 0 Å². The summed E-state index contributed by atoms with van der Waals surface area (Å²) in [5.74, 6) is 2.25. The van der Waals surface area contributed by atoms with Gasteiger partial charge in [-0.3, -0.25) is 0 Å². The van der Waals surface area contributed by atoms with Crippen molar-refractivity contribution < 1.29 is 18.7 Å². The van der Waals surface area contributed by atoms with Gasteiger partial charge in [0.15, 0.2) is 11.6 Å². The Morgan fingerprint density at radius 3 is 2.68 bits per heavy atom. The van der Waals surface area contributed by atoms with E-state index in [2.05, 4.69) is 5.92 Å². The minimum Gasteiger partial charge on any atom is -0.490 e. The second-order valence-electron chi connectivity index (χ2n) is 6.35. The first-order valence-corrected chi connectivity index (χ1v) is 7.15. The van der Waals surface area contributed by atoms with Gasteiger partial charge in [-0.15, -0.1) is 6.42 Å². The fourth-order valence-electron chi connectivity index (χ4n) is 2.07. The van der Waals surface area contributed by atoms with Crippen LogP contribution >= 0.6 is 0 Å². The average Bonchev–Trinajstić information content (AvgIpc) is 2.36. The Bertz CT molecular complexity index is 595. The van der Waals surface area contributed by atoms with Gasteiger partial charge >= 0.3 is 6.09 Å². The summed E-state index contributed by atoms with van der Waals surface area (Å²) in [6.45, 7) is 6.94. The summed E-state index contributed by atoms with van der Waals surface area (Å²) in [5.41, 5.74) is -0.0230. The van der Waals surface area contributed by atoms with E-state index < -0.39 is 11.4 Å². The smallest absolute Gasteiger partial charge is 0.410 e. The zero-order valence-corrected chi connectivity index (χ0v) is 13.1. The molecule has 4 nitrogen and oxygen atoms in total. The van der Waals surface area contributed by atoms with Gasteiger partial charge in [0.05, 0.1) is 6.61 Å². The molecule has 0 aromatic heterocycles. The summed E-state index contributed by atoms with van der Waals surface area (Å²) in [6, 6.07) is 4.42. The molecule has 1 aromatic carbocycles. The maximum absolute atomic E-state index is 13.7. The lowest BCUT2D eigenvalue weighted by Gasteiger charge is -2.39. The van der Waals surface area contributed by atoms with Crippen LogP contribution in [0.15, 0.2) is 18.2 Å². The lowest BCUT2D eigenvalue weighted by Crippen LogP contribution is -2.53. The number of ether oxygens (including phenoxy) is 2. The van der Waals surface area contributed by atoms with Gasteiger partial charge in [0.25, 0.3) is 0 Å². The second kappa shape index (κ2) is 6.27. The molecule has 0 unspecified atom stereocenters. The maximum Gasteiger partial charge on any atom is 0.410 e. The molecule has 2 rings (SSSR count). The van der Waals surface area contributed by atoms with Crippen molar-refractivity contribution in [1.29, 1.82) is 0 Å². The molecule has 1 amide bonds. The highest BCUT2D eigenvalue weighted by atomic mass is 19.1. The summed E-state index contributed by atoms with van der Waals surface area (Å²) in [6.07, 6.45) is 4.88. The third-order valence-corrected chi connectivity index (χ3v) is 3.18. The number of amides is 1. The molecular formula is C17H20FNO3. The molecule has 0 saturated carbocycles. The van der Waals surface area contributed by atoms with Gasteiger partial charge in [-0.25, -0.2) is 9.18 Å². The van der Waals surface area contributed by atoms with Gasteiger partial charge in [0.2, 0.25) is 0 Å². The Kier molecular flexibility index (Phi) is 4.60. The molecule has 1 aliphatic heterocycles. The van der Waals surface area contributed by atoms with E-state index in [0.717, 1.165) is 0 Å². The monoisotopic (exact) mass is 305 g/mol. The quantitative estimate of drug-likeness (QED) is 0.806. The van der Waals surface area contributed by atoms with Crippen LogP contribution in [0.4, 0.5) is 9.18 Å². The predicted molar refractivity (Wildman–Crippen MR) is 81.1 cm³/mol. The summed E-state index contributed by atoms with van der Waals surface area (Å²) in [4.78, 5) is 13.4. The zero-order chi connectivity index (χ0) is 16.3. The minimum absolute atomic E-state index is 0.176. The molecule has 0 radical (unpaired) electrons. The van der Waals surface area contributed by atoms with Crippen LogP contribution in [0, 0.1) is 24.1 Å². The van der Waals surface area contributed by atoms with Crippen molar-refractivity contribution in [1.82, 2.24) is 4.90 Å². The van der Waals surface area contributed by atoms with Crippen molar-refractivity contribution in [3.05, 3.63) is 29.6 Å². The number of nitrogens with zero attached hydrogens (tertiary/aromatic N) is 1. The van der Waals surface area contributed by atoms with E-state index in [-0.39, 0.29) is 17.8 Å². The third kappa shape index (κ3) is 4.14. The molecule has 1 fully saturated rings. The standard InChI is InChI=1S/C17H20FNO3/c1-5-12-6-7-15(14(18)8-12)21-11-13-9-19(10-13)16(20)22-17(2,3)4/h1,6-8,13H,9-11H2,2-4H3. The van der Waals surface area contributed by atoms with E-state index in [4.69, 9.17) is 15.9 Å². The molecule has 0 aliphatic carbocycles. The number of benzene rings is 1. The van der Waals surface area contributed by atoms with Gasteiger partial charge in [-0.2, -0.15) is 0 Å². The van der Waals surface area contributed by atoms with E-state index in [1.165, 1.54) is 12.1 Å². The Morgan fingerprint density at radius 2 is 2.14 bits per heavy atom. The van der Waals surface area contributed by atoms with Crippen LogP contribution in [0.2, 0.25) is 0 Å². The van der Waals surface area contributed by atoms with Crippen molar-refractivity contribution in [3.8, 4) is 18.1 Å². The maximum atomic E-state index is 13.7. The summed E-state index contributed by atoms with van der Waals surface area (Å²) in [7, 11) is 0. The van der Waals surface area contributed by atoms with Crippen LogP contribution < -0.4 is 4.74 Å². The molecule has 5 heteroatoms. The van der Waals surface area contributed by atoms with Crippen LogP contribution in [0.1, 0.15) is 26.3 Å². The Labute approximate surface area is 130 Å². The molecular weight excluding hydrogens is 285 g/mol. The van der Waals surface area contributed by atoms with Crippen molar-refractivity contribution in [2.75, 3.05) is 19.7 Å². The Balaban J connectivity index is 1.77. The van der Waals surface area contributed by atoms with E-state index in [1.54, 1.807) is 11.0 Å². The number of terminal acetylenes is 1. The van der Waals surface area contributed by atoms with Gasteiger partial charge < -0.3 is 14.4 Å². The van der Waals surface area contributed by atoms with Crippen LogP contribution in [-0.4, -0.2) is 36.3 Å². The number of carbonyl (C=O) groups is 1. The highest BCUT2D eigenvalue weighted by Gasteiger charge is 2.34. The lowest BCUT2D eigenvalue weighted by atomic mass is 10.0. The fraction of sp³-hybridized carbons (Fsp3) is 0.471. The molecule has 1 saturated heterocycles. The van der Waals surface area contributed by atoms with E-state index in [0.29, 0.717) is 25.3 Å². The first kappa shape index (κ1) is 16.2. The molecule has 0 spiro atoms. The Hall–Kier alpha value is -2.22. The first-order chi connectivity index (χ1) is 10.3. The topological polar surface area (TPSA) is 38.8 Å². The average molecular weight is 305 g/mol.